The predicted molar refractivity (Wildman–Crippen MR) is 76.6 cm³/mol. The first-order valence-electron chi connectivity index (χ1n) is 7.13. The van der Waals surface area contributed by atoms with Crippen LogP contribution in [0.5, 0.6) is 11.5 Å². The Hall–Kier alpha value is -2.08. The van der Waals surface area contributed by atoms with E-state index in [1.165, 1.54) is 12.1 Å². The Morgan fingerprint density at radius 2 is 1.95 bits per heavy atom. The molecule has 1 aliphatic carbocycles. The van der Waals surface area contributed by atoms with Gasteiger partial charge in [0.05, 0.1) is 5.54 Å². The second-order valence-electron chi connectivity index (χ2n) is 5.97. The van der Waals surface area contributed by atoms with Crippen molar-refractivity contribution in [1.82, 2.24) is 10.1 Å². The molecule has 0 unspecified atom stereocenters. The van der Waals surface area contributed by atoms with E-state index in [1.807, 2.05) is 0 Å². The Bertz CT molecular complexity index is 645. The predicted octanol–water partition coefficient (Wildman–Crippen LogP) is 2.51. The van der Waals surface area contributed by atoms with Crippen LogP contribution in [0.4, 0.5) is 0 Å². The van der Waals surface area contributed by atoms with Crippen molar-refractivity contribution in [2.24, 2.45) is 11.7 Å². The fourth-order valence-electron chi connectivity index (χ4n) is 2.70. The van der Waals surface area contributed by atoms with Crippen molar-refractivity contribution in [2.75, 3.05) is 0 Å². The highest BCUT2D eigenvalue weighted by Crippen LogP contribution is 2.37. The number of aromatic nitrogens is 2. The molecule has 1 heterocycles. The second kappa shape index (κ2) is 5.04. The first-order chi connectivity index (χ1) is 9.98. The number of rotatable bonds is 2. The fourth-order valence-corrected chi connectivity index (χ4v) is 2.70. The molecule has 1 fully saturated rings. The van der Waals surface area contributed by atoms with Gasteiger partial charge in [-0.15, -0.1) is 0 Å². The molecule has 1 aromatic carbocycles. The zero-order valence-electron chi connectivity index (χ0n) is 11.9. The van der Waals surface area contributed by atoms with Crippen molar-refractivity contribution >= 4 is 0 Å². The molecule has 0 radical (unpaired) electrons. The number of nitrogens with zero attached hydrogens (tertiary/aromatic N) is 2. The van der Waals surface area contributed by atoms with Gasteiger partial charge in [-0.1, -0.05) is 12.1 Å². The van der Waals surface area contributed by atoms with Gasteiger partial charge in [-0.2, -0.15) is 4.98 Å². The summed E-state index contributed by atoms with van der Waals surface area (Å²) >= 11 is 0. The maximum absolute atomic E-state index is 9.54. The third-order valence-corrected chi connectivity index (χ3v) is 4.25. The van der Waals surface area contributed by atoms with Crippen LogP contribution < -0.4 is 5.73 Å². The second-order valence-corrected chi connectivity index (χ2v) is 5.97. The van der Waals surface area contributed by atoms with Gasteiger partial charge in [0.15, 0.2) is 11.5 Å². The van der Waals surface area contributed by atoms with Crippen LogP contribution in [0, 0.1) is 5.92 Å². The van der Waals surface area contributed by atoms with E-state index in [0.29, 0.717) is 23.2 Å². The number of aromatic hydroxyl groups is 2. The highest BCUT2D eigenvalue weighted by atomic mass is 16.5. The van der Waals surface area contributed by atoms with Gasteiger partial charge < -0.3 is 20.5 Å². The van der Waals surface area contributed by atoms with Gasteiger partial charge in [-0.05, 0) is 49.8 Å². The molecule has 0 atom stereocenters. The molecule has 1 aromatic heterocycles. The Labute approximate surface area is 122 Å². The maximum atomic E-state index is 9.54. The Morgan fingerprint density at radius 1 is 1.24 bits per heavy atom. The number of benzene rings is 1. The summed E-state index contributed by atoms with van der Waals surface area (Å²) in [6.07, 6.45) is 3.76. The largest absolute Gasteiger partial charge is 0.504 e. The molecule has 1 saturated carbocycles. The van der Waals surface area contributed by atoms with Crippen LogP contribution in [0.15, 0.2) is 22.7 Å². The molecule has 6 heteroatoms. The lowest BCUT2D eigenvalue weighted by Gasteiger charge is -2.32. The van der Waals surface area contributed by atoms with Crippen molar-refractivity contribution in [3.05, 3.63) is 24.1 Å². The number of nitrogens with two attached hydrogens (primary N) is 1. The summed E-state index contributed by atoms with van der Waals surface area (Å²) < 4.78 is 5.34. The summed E-state index contributed by atoms with van der Waals surface area (Å²) in [6, 6.07) is 4.41. The van der Waals surface area contributed by atoms with Gasteiger partial charge >= 0.3 is 0 Å². The van der Waals surface area contributed by atoms with Crippen molar-refractivity contribution in [3.63, 3.8) is 0 Å². The van der Waals surface area contributed by atoms with E-state index >= 15 is 0 Å². The first-order valence-corrected chi connectivity index (χ1v) is 7.13. The van der Waals surface area contributed by atoms with Gasteiger partial charge in [-0.25, -0.2) is 0 Å². The normalized spacial score (nSPS) is 25.9. The molecule has 0 bridgehead atoms. The van der Waals surface area contributed by atoms with Crippen LogP contribution in [-0.2, 0) is 5.54 Å². The van der Waals surface area contributed by atoms with Crippen LogP contribution in [0.1, 0.15) is 38.5 Å². The van der Waals surface area contributed by atoms with Crippen LogP contribution in [0.25, 0.3) is 11.4 Å². The van der Waals surface area contributed by atoms with E-state index in [9.17, 15) is 10.2 Å². The molecule has 21 heavy (non-hydrogen) atoms. The van der Waals surface area contributed by atoms with Crippen molar-refractivity contribution in [3.8, 4) is 22.9 Å². The molecule has 112 valence electrons. The van der Waals surface area contributed by atoms with E-state index < -0.39 is 5.54 Å². The summed E-state index contributed by atoms with van der Waals surface area (Å²) in [6.45, 7) is 2.22. The minimum Gasteiger partial charge on any atom is -0.504 e. The summed E-state index contributed by atoms with van der Waals surface area (Å²) in [5.41, 5.74) is 6.42. The first kappa shape index (κ1) is 13.9. The Balaban J connectivity index is 1.87. The van der Waals surface area contributed by atoms with Gasteiger partial charge in [0.1, 0.15) is 0 Å². The minimum absolute atomic E-state index is 0.181. The van der Waals surface area contributed by atoms with Crippen molar-refractivity contribution in [2.45, 2.75) is 38.1 Å². The zero-order chi connectivity index (χ0) is 15.0. The molecule has 2 aromatic rings. The molecule has 0 amide bonds. The number of hydrogen-bond donors (Lipinski definition) is 3. The third-order valence-electron chi connectivity index (χ3n) is 4.25. The van der Waals surface area contributed by atoms with E-state index in [-0.39, 0.29) is 11.5 Å². The number of phenols is 2. The quantitative estimate of drug-likeness (QED) is 0.733. The molecule has 0 spiro atoms. The molecular weight excluding hydrogens is 270 g/mol. The van der Waals surface area contributed by atoms with E-state index in [0.717, 1.165) is 25.7 Å². The lowest BCUT2D eigenvalue weighted by Crippen LogP contribution is -2.40. The molecule has 0 saturated heterocycles. The third kappa shape index (κ3) is 2.58. The van der Waals surface area contributed by atoms with Gasteiger partial charge in [-0.3, -0.25) is 0 Å². The molecular formula is C15H19N3O3. The summed E-state index contributed by atoms with van der Waals surface area (Å²) in [5, 5.41) is 22.8. The summed E-state index contributed by atoms with van der Waals surface area (Å²) in [7, 11) is 0. The van der Waals surface area contributed by atoms with E-state index in [4.69, 9.17) is 10.3 Å². The highest BCUT2D eigenvalue weighted by Gasteiger charge is 2.37. The lowest BCUT2D eigenvalue weighted by molar-refractivity contribution is 0.190. The van der Waals surface area contributed by atoms with Crippen LogP contribution in [0.3, 0.4) is 0 Å². The molecule has 4 N–H and O–H groups in total. The maximum Gasteiger partial charge on any atom is 0.247 e. The van der Waals surface area contributed by atoms with Crippen LogP contribution in [-0.4, -0.2) is 20.4 Å². The molecule has 1 aliphatic rings. The summed E-state index contributed by atoms with van der Waals surface area (Å²) in [4.78, 5) is 4.38. The molecule has 6 nitrogen and oxygen atoms in total. The average Bonchev–Trinajstić information content (AvgIpc) is 2.96. The van der Waals surface area contributed by atoms with E-state index in [2.05, 4.69) is 17.1 Å². The van der Waals surface area contributed by atoms with Crippen LogP contribution in [0.2, 0.25) is 0 Å². The van der Waals surface area contributed by atoms with E-state index in [1.54, 1.807) is 6.07 Å². The zero-order valence-corrected chi connectivity index (χ0v) is 11.9. The minimum atomic E-state index is -0.559. The fraction of sp³-hybridized carbons (Fsp3) is 0.467. The van der Waals surface area contributed by atoms with Gasteiger partial charge in [0.2, 0.25) is 11.7 Å². The van der Waals surface area contributed by atoms with Gasteiger partial charge in [0.25, 0.3) is 0 Å². The standard InChI is InChI=1S/C15H19N3O3/c1-9-4-6-15(16,7-5-9)14-17-13(18-21-14)10-2-3-11(19)12(20)8-10/h2-3,8-9,19-20H,4-7,16H2,1H3. The summed E-state index contributed by atoms with van der Waals surface area (Å²) in [5.74, 6) is 1.09. The lowest BCUT2D eigenvalue weighted by atomic mass is 9.78. The Kier molecular flexibility index (Phi) is 3.33. The number of phenolic OH excluding ortho intramolecular Hbond substituents is 2. The topological polar surface area (TPSA) is 105 Å². The smallest absolute Gasteiger partial charge is 0.247 e. The molecule has 3 rings (SSSR count). The van der Waals surface area contributed by atoms with Crippen molar-refractivity contribution in [1.29, 1.82) is 0 Å². The van der Waals surface area contributed by atoms with Crippen LogP contribution >= 0.6 is 0 Å². The highest BCUT2D eigenvalue weighted by molar-refractivity contribution is 5.60. The average molecular weight is 289 g/mol. The van der Waals surface area contributed by atoms with Gasteiger partial charge in [0, 0.05) is 5.56 Å². The monoisotopic (exact) mass is 289 g/mol. The SMILES string of the molecule is CC1CCC(N)(c2nc(-c3ccc(O)c(O)c3)no2)CC1. The Morgan fingerprint density at radius 3 is 2.62 bits per heavy atom. The molecule has 0 aliphatic heterocycles. The van der Waals surface area contributed by atoms with Crippen molar-refractivity contribution < 1.29 is 14.7 Å². The number of hydrogen-bond acceptors (Lipinski definition) is 6.